The number of aromatic nitrogens is 1. The highest BCUT2D eigenvalue weighted by Crippen LogP contribution is 2.25. The predicted molar refractivity (Wildman–Crippen MR) is 71.3 cm³/mol. The number of H-pyrrole nitrogens is 1. The molecule has 0 radical (unpaired) electrons. The fourth-order valence-electron chi connectivity index (χ4n) is 2.62. The number of carbonyl (C=O) groups is 1. The zero-order chi connectivity index (χ0) is 12.5. The zero-order valence-corrected chi connectivity index (χ0v) is 10.4. The summed E-state index contributed by atoms with van der Waals surface area (Å²) in [5.74, 6) is 0.106. The number of piperazine rings is 1. The molecule has 3 N–H and O–H groups in total. The smallest absolute Gasteiger partial charge is 0.237 e. The Balaban J connectivity index is 1.95. The number of hydrogen-bond donors (Lipinski definition) is 3. The zero-order valence-electron chi connectivity index (χ0n) is 10.4. The third kappa shape index (κ3) is 1.78. The fraction of sp³-hybridized carbons (Fsp3) is 0.357. The van der Waals surface area contributed by atoms with Crippen molar-refractivity contribution in [3.8, 4) is 0 Å². The first-order valence-corrected chi connectivity index (χ1v) is 6.39. The first-order chi connectivity index (χ1) is 8.79. The van der Waals surface area contributed by atoms with E-state index in [0.717, 1.165) is 11.9 Å². The molecule has 4 heteroatoms. The molecule has 1 aromatic carbocycles. The summed E-state index contributed by atoms with van der Waals surface area (Å²) in [5.41, 5.74) is 2.38. The molecule has 1 saturated heterocycles. The van der Waals surface area contributed by atoms with Gasteiger partial charge in [-0.25, -0.2) is 0 Å². The average molecular weight is 243 g/mol. The summed E-state index contributed by atoms with van der Waals surface area (Å²) < 4.78 is 0. The minimum Gasteiger partial charge on any atom is -0.361 e. The molecule has 0 spiro atoms. The number of fused-ring (bicyclic) bond motifs is 1. The van der Waals surface area contributed by atoms with Gasteiger partial charge in [0, 0.05) is 23.6 Å². The molecular weight excluding hydrogens is 226 g/mol. The molecule has 2 unspecified atom stereocenters. The van der Waals surface area contributed by atoms with Crippen LogP contribution in [0.5, 0.6) is 0 Å². The molecule has 18 heavy (non-hydrogen) atoms. The van der Waals surface area contributed by atoms with Crippen LogP contribution in [0.25, 0.3) is 10.9 Å². The maximum absolute atomic E-state index is 11.6. The quantitative estimate of drug-likeness (QED) is 0.752. The van der Waals surface area contributed by atoms with Crippen molar-refractivity contribution in [2.75, 3.05) is 6.54 Å². The van der Waals surface area contributed by atoms with Crippen LogP contribution in [0.4, 0.5) is 0 Å². The molecular formula is C14H17N3O. The minimum atomic E-state index is -0.0852. The molecule has 0 aliphatic carbocycles. The largest absolute Gasteiger partial charge is 0.361 e. The second-order valence-electron chi connectivity index (χ2n) is 4.71. The van der Waals surface area contributed by atoms with Crippen LogP contribution in [-0.2, 0) is 4.79 Å². The van der Waals surface area contributed by atoms with E-state index in [4.69, 9.17) is 0 Å². The number of nitrogens with one attached hydrogen (secondary N) is 3. The predicted octanol–water partition coefficient (Wildman–Crippen LogP) is 1.71. The van der Waals surface area contributed by atoms with Crippen LogP contribution in [-0.4, -0.2) is 23.5 Å². The minimum absolute atomic E-state index is 0.0852. The van der Waals surface area contributed by atoms with Crippen molar-refractivity contribution < 1.29 is 4.79 Å². The summed E-state index contributed by atoms with van der Waals surface area (Å²) in [4.78, 5) is 14.9. The SMILES string of the molecule is CCC1NC(c2cccc3[nH]ccc23)CNC1=O. The summed E-state index contributed by atoms with van der Waals surface area (Å²) in [6.07, 6.45) is 2.76. The summed E-state index contributed by atoms with van der Waals surface area (Å²) >= 11 is 0. The Bertz CT molecular complexity index is 575. The van der Waals surface area contributed by atoms with Gasteiger partial charge in [-0.2, -0.15) is 0 Å². The molecule has 3 rings (SSSR count). The van der Waals surface area contributed by atoms with Crippen molar-refractivity contribution in [3.63, 3.8) is 0 Å². The van der Waals surface area contributed by atoms with Gasteiger partial charge >= 0.3 is 0 Å². The third-order valence-corrected chi connectivity index (χ3v) is 3.61. The van der Waals surface area contributed by atoms with Crippen LogP contribution >= 0.6 is 0 Å². The van der Waals surface area contributed by atoms with E-state index in [1.165, 1.54) is 10.9 Å². The van der Waals surface area contributed by atoms with E-state index in [-0.39, 0.29) is 18.0 Å². The summed E-state index contributed by atoms with van der Waals surface area (Å²) in [7, 11) is 0. The van der Waals surface area contributed by atoms with Gasteiger partial charge in [-0.15, -0.1) is 0 Å². The van der Waals surface area contributed by atoms with Gasteiger partial charge in [-0.1, -0.05) is 19.1 Å². The molecule has 4 nitrogen and oxygen atoms in total. The third-order valence-electron chi connectivity index (χ3n) is 3.61. The van der Waals surface area contributed by atoms with Crippen molar-refractivity contribution in [1.29, 1.82) is 0 Å². The van der Waals surface area contributed by atoms with Crippen LogP contribution in [0.3, 0.4) is 0 Å². The molecule has 2 heterocycles. The van der Waals surface area contributed by atoms with E-state index in [2.05, 4.69) is 33.8 Å². The highest BCUT2D eigenvalue weighted by atomic mass is 16.2. The van der Waals surface area contributed by atoms with Crippen molar-refractivity contribution in [3.05, 3.63) is 36.0 Å². The van der Waals surface area contributed by atoms with Gasteiger partial charge in [0.2, 0.25) is 5.91 Å². The van der Waals surface area contributed by atoms with Crippen molar-refractivity contribution in [2.24, 2.45) is 0 Å². The van der Waals surface area contributed by atoms with Crippen LogP contribution in [0.2, 0.25) is 0 Å². The van der Waals surface area contributed by atoms with Crippen molar-refractivity contribution in [1.82, 2.24) is 15.6 Å². The lowest BCUT2D eigenvalue weighted by atomic mass is 9.98. The average Bonchev–Trinajstić information content (AvgIpc) is 2.87. The Kier molecular flexibility index (Phi) is 2.80. The van der Waals surface area contributed by atoms with Gasteiger partial charge in [0.05, 0.1) is 12.1 Å². The Morgan fingerprint density at radius 2 is 2.22 bits per heavy atom. The highest BCUT2D eigenvalue weighted by molar-refractivity contribution is 5.85. The summed E-state index contributed by atoms with van der Waals surface area (Å²) in [6.45, 7) is 2.68. The van der Waals surface area contributed by atoms with E-state index in [9.17, 15) is 4.79 Å². The first-order valence-electron chi connectivity index (χ1n) is 6.39. The second kappa shape index (κ2) is 4.46. The van der Waals surface area contributed by atoms with E-state index in [1.54, 1.807) is 0 Å². The second-order valence-corrected chi connectivity index (χ2v) is 4.71. The van der Waals surface area contributed by atoms with Gasteiger partial charge in [-0.05, 0) is 24.1 Å². The number of amides is 1. The van der Waals surface area contributed by atoms with Gasteiger partial charge in [0.1, 0.15) is 0 Å². The molecule has 0 saturated carbocycles. The topological polar surface area (TPSA) is 56.9 Å². The van der Waals surface area contributed by atoms with Crippen LogP contribution in [0.1, 0.15) is 24.9 Å². The highest BCUT2D eigenvalue weighted by Gasteiger charge is 2.27. The molecule has 1 amide bonds. The number of benzene rings is 1. The number of aromatic amines is 1. The van der Waals surface area contributed by atoms with Crippen molar-refractivity contribution in [2.45, 2.75) is 25.4 Å². The van der Waals surface area contributed by atoms with E-state index in [1.807, 2.05) is 19.2 Å². The first kappa shape index (κ1) is 11.3. The van der Waals surface area contributed by atoms with Crippen LogP contribution in [0.15, 0.2) is 30.5 Å². The van der Waals surface area contributed by atoms with E-state index >= 15 is 0 Å². The van der Waals surface area contributed by atoms with Crippen LogP contribution in [0, 0.1) is 0 Å². The lowest BCUT2D eigenvalue weighted by molar-refractivity contribution is -0.125. The van der Waals surface area contributed by atoms with Crippen molar-refractivity contribution >= 4 is 16.8 Å². The lowest BCUT2D eigenvalue weighted by Gasteiger charge is -2.31. The fourth-order valence-corrected chi connectivity index (χ4v) is 2.62. The molecule has 94 valence electrons. The maximum Gasteiger partial charge on any atom is 0.237 e. The molecule has 1 aromatic heterocycles. The van der Waals surface area contributed by atoms with E-state index < -0.39 is 0 Å². The maximum atomic E-state index is 11.6. The molecule has 2 atom stereocenters. The molecule has 1 aliphatic rings. The Morgan fingerprint density at radius 3 is 3.06 bits per heavy atom. The number of carbonyl (C=O) groups excluding carboxylic acids is 1. The number of hydrogen-bond acceptors (Lipinski definition) is 2. The van der Waals surface area contributed by atoms with E-state index in [0.29, 0.717) is 6.54 Å². The lowest BCUT2D eigenvalue weighted by Crippen LogP contribution is -2.54. The Hall–Kier alpha value is -1.81. The molecule has 1 aliphatic heterocycles. The van der Waals surface area contributed by atoms with Gasteiger partial charge < -0.3 is 10.3 Å². The summed E-state index contributed by atoms with van der Waals surface area (Å²) in [5, 5.41) is 7.63. The Labute approximate surface area is 106 Å². The number of rotatable bonds is 2. The molecule has 1 fully saturated rings. The standard InChI is InChI=1S/C14H17N3O/c1-2-11-14(18)16-8-13(17-11)9-4-3-5-12-10(9)6-7-15-12/h3-7,11,13,15,17H,2,8H2,1H3,(H,16,18). The normalized spacial score (nSPS) is 24.2. The molecule has 0 bridgehead atoms. The monoisotopic (exact) mass is 243 g/mol. The van der Waals surface area contributed by atoms with Gasteiger partial charge in [-0.3, -0.25) is 10.1 Å². The van der Waals surface area contributed by atoms with Crippen LogP contribution < -0.4 is 10.6 Å². The molecule has 2 aromatic rings. The Morgan fingerprint density at radius 1 is 1.33 bits per heavy atom. The van der Waals surface area contributed by atoms with Gasteiger partial charge in [0.15, 0.2) is 0 Å². The van der Waals surface area contributed by atoms with Gasteiger partial charge in [0.25, 0.3) is 0 Å². The summed E-state index contributed by atoms with van der Waals surface area (Å²) in [6, 6.07) is 8.43.